The number of aromatic nitrogens is 1. The van der Waals surface area contributed by atoms with Gasteiger partial charge < -0.3 is 24.8 Å². The Morgan fingerprint density at radius 2 is 1.36 bits per heavy atom. The van der Waals surface area contributed by atoms with Crippen LogP contribution in [0.5, 0.6) is 11.5 Å². The third-order valence-electron chi connectivity index (χ3n) is 5.70. The molecule has 0 spiro atoms. The van der Waals surface area contributed by atoms with Crippen molar-refractivity contribution >= 4 is 11.8 Å². The molecule has 0 radical (unpaired) electrons. The highest BCUT2D eigenvalue weighted by atomic mass is 16.6. The van der Waals surface area contributed by atoms with E-state index in [0.717, 1.165) is 0 Å². The molecule has 168 valence electrons. The average Bonchev–Trinajstić information content (AvgIpc) is 3.44. The van der Waals surface area contributed by atoms with Crippen LogP contribution in [0.4, 0.5) is 0 Å². The molecule has 8 nitrogen and oxygen atoms in total. The summed E-state index contributed by atoms with van der Waals surface area (Å²) in [5.74, 6) is 0.820. The van der Waals surface area contributed by atoms with Crippen LogP contribution in [-0.4, -0.2) is 54.3 Å². The highest BCUT2D eigenvalue weighted by Gasteiger charge is 2.48. The predicted octanol–water partition coefficient (Wildman–Crippen LogP) is 2.57. The standard InChI is InChI=1S/C25H23N3O5/c29-24(16-9-11-26-12-10-16)27-20-14-31-23-21(15-32-22(20)23)28-25(30)17-5-4-8-19(13-17)33-18-6-2-1-3-7-18/h1-13,20-23H,14-15H2,(H,27,29)(H,28,30)/t20-,21-,22+,23+/m0/s1. The predicted molar refractivity (Wildman–Crippen MR) is 119 cm³/mol. The second kappa shape index (κ2) is 9.40. The van der Waals surface area contributed by atoms with E-state index in [1.54, 1.807) is 48.8 Å². The monoisotopic (exact) mass is 445 g/mol. The molecule has 3 heterocycles. The topological polar surface area (TPSA) is 98.8 Å². The number of para-hydroxylation sites is 1. The van der Waals surface area contributed by atoms with Crippen molar-refractivity contribution in [2.24, 2.45) is 0 Å². The van der Waals surface area contributed by atoms with Gasteiger partial charge in [-0.25, -0.2) is 0 Å². The average molecular weight is 445 g/mol. The van der Waals surface area contributed by atoms with E-state index in [-0.39, 0.29) is 36.1 Å². The molecule has 2 fully saturated rings. The molecule has 0 aliphatic carbocycles. The summed E-state index contributed by atoms with van der Waals surface area (Å²) in [6.07, 6.45) is 2.48. The zero-order valence-electron chi connectivity index (χ0n) is 17.7. The Morgan fingerprint density at radius 3 is 2.03 bits per heavy atom. The summed E-state index contributed by atoms with van der Waals surface area (Å²) in [5.41, 5.74) is 1.00. The lowest BCUT2D eigenvalue weighted by Gasteiger charge is -2.18. The molecule has 0 bridgehead atoms. The first-order chi connectivity index (χ1) is 16.2. The summed E-state index contributed by atoms with van der Waals surface area (Å²) in [6.45, 7) is 0.627. The van der Waals surface area contributed by atoms with Crippen LogP contribution in [0.1, 0.15) is 20.7 Å². The summed E-state index contributed by atoms with van der Waals surface area (Å²) >= 11 is 0. The smallest absolute Gasteiger partial charge is 0.251 e. The van der Waals surface area contributed by atoms with Gasteiger partial charge in [-0.2, -0.15) is 0 Å². The van der Waals surface area contributed by atoms with Crippen LogP contribution in [0.3, 0.4) is 0 Å². The lowest BCUT2D eigenvalue weighted by molar-refractivity contribution is 0.0628. The molecule has 4 atom stereocenters. The van der Waals surface area contributed by atoms with Gasteiger partial charge in [0.05, 0.1) is 25.3 Å². The van der Waals surface area contributed by atoms with E-state index in [9.17, 15) is 9.59 Å². The van der Waals surface area contributed by atoms with E-state index in [1.165, 1.54) is 0 Å². The molecule has 2 aliphatic heterocycles. The minimum Gasteiger partial charge on any atom is -0.457 e. The number of pyridine rings is 1. The highest BCUT2D eigenvalue weighted by molar-refractivity contribution is 5.95. The molecular formula is C25H23N3O5. The van der Waals surface area contributed by atoms with E-state index in [4.69, 9.17) is 14.2 Å². The molecule has 3 aromatic rings. The molecule has 2 aliphatic rings. The minimum atomic E-state index is -0.333. The maximum atomic E-state index is 12.9. The number of carbonyl (C=O) groups excluding carboxylic acids is 2. The second-order valence-electron chi connectivity index (χ2n) is 7.93. The molecule has 0 unspecified atom stereocenters. The Hall–Kier alpha value is -3.75. The number of hydrogen-bond donors (Lipinski definition) is 2. The van der Waals surface area contributed by atoms with Gasteiger partial charge in [0.2, 0.25) is 0 Å². The number of benzene rings is 2. The van der Waals surface area contributed by atoms with Crippen LogP contribution in [0.2, 0.25) is 0 Å². The van der Waals surface area contributed by atoms with Crippen molar-refractivity contribution in [3.8, 4) is 11.5 Å². The van der Waals surface area contributed by atoms with Crippen LogP contribution >= 0.6 is 0 Å². The summed E-state index contributed by atoms with van der Waals surface area (Å²) in [4.78, 5) is 29.3. The second-order valence-corrected chi connectivity index (χ2v) is 7.93. The zero-order valence-corrected chi connectivity index (χ0v) is 17.7. The number of amides is 2. The normalized spacial score (nSPS) is 23.5. The first-order valence-corrected chi connectivity index (χ1v) is 10.8. The van der Waals surface area contributed by atoms with Gasteiger partial charge in [0.15, 0.2) is 0 Å². The molecular weight excluding hydrogens is 422 g/mol. The Morgan fingerprint density at radius 1 is 0.758 bits per heavy atom. The van der Waals surface area contributed by atoms with Crippen molar-refractivity contribution in [2.75, 3.05) is 13.2 Å². The molecule has 33 heavy (non-hydrogen) atoms. The largest absolute Gasteiger partial charge is 0.457 e. The van der Waals surface area contributed by atoms with Crippen molar-refractivity contribution in [1.82, 2.24) is 15.6 Å². The van der Waals surface area contributed by atoms with Crippen molar-refractivity contribution < 1.29 is 23.8 Å². The SMILES string of the molecule is O=C(N[C@H]1CO[C@H]2[C@@H]1OC[C@@H]2NC(=O)c1cccc(Oc2ccccc2)c1)c1ccncc1. The molecule has 2 aromatic carbocycles. The number of ether oxygens (including phenoxy) is 3. The fourth-order valence-electron chi connectivity index (χ4n) is 4.08. The number of carbonyl (C=O) groups is 2. The fourth-order valence-corrected chi connectivity index (χ4v) is 4.08. The van der Waals surface area contributed by atoms with Crippen molar-refractivity contribution in [2.45, 2.75) is 24.3 Å². The summed E-state index contributed by atoms with van der Waals surface area (Å²) in [6, 6.07) is 19.1. The first-order valence-electron chi connectivity index (χ1n) is 10.8. The third-order valence-corrected chi connectivity index (χ3v) is 5.70. The van der Waals surface area contributed by atoms with Gasteiger partial charge in [-0.1, -0.05) is 24.3 Å². The summed E-state index contributed by atoms with van der Waals surface area (Å²) in [5, 5.41) is 5.95. The number of nitrogens with zero attached hydrogens (tertiary/aromatic N) is 1. The molecule has 2 N–H and O–H groups in total. The van der Waals surface area contributed by atoms with E-state index < -0.39 is 0 Å². The van der Waals surface area contributed by atoms with Crippen LogP contribution in [0.25, 0.3) is 0 Å². The minimum absolute atomic E-state index is 0.210. The first kappa shape index (κ1) is 21.1. The van der Waals surface area contributed by atoms with E-state index >= 15 is 0 Å². The molecule has 2 saturated heterocycles. The quantitative estimate of drug-likeness (QED) is 0.605. The van der Waals surface area contributed by atoms with Crippen LogP contribution in [-0.2, 0) is 9.47 Å². The molecule has 1 aromatic heterocycles. The summed E-state index contributed by atoms with van der Waals surface area (Å²) in [7, 11) is 0. The molecule has 5 rings (SSSR count). The van der Waals surface area contributed by atoms with Crippen LogP contribution < -0.4 is 15.4 Å². The van der Waals surface area contributed by atoms with E-state index in [0.29, 0.717) is 35.8 Å². The van der Waals surface area contributed by atoms with Gasteiger partial charge >= 0.3 is 0 Å². The molecule has 8 heteroatoms. The third kappa shape index (κ3) is 4.72. The molecule has 2 amide bonds. The van der Waals surface area contributed by atoms with Crippen molar-refractivity contribution in [3.05, 3.63) is 90.3 Å². The maximum Gasteiger partial charge on any atom is 0.251 e. The van der Waals surface area contributed by atoms with Gasteiger partial charge in [-0.3, -0.25) is 14.6 Å². The number of nitrogens with one attached hydrogen (secondary N) is 2. The van der Waals surface area contributed by atoms with Gasteiger partial charge in [0, 0.05) is 23.5 Å². The van der Waals surface area contributed by atoms with Crippen LogP contribution in [0.15, 0.2) is 79.1 Å². The van der Waals surface area contributed by atoms with Gasteiger partial charge in [0.25, 0.3) is 11.8 Å². The Kier molecular flexibility index (Phi) is 6.01. The van der Waals surface area contributed by atoms with Crippen molar-refractivity contribution in [3.63, 3.8) is 0 Å². The fraction of sp³-hybridized carbons (Fsp3) is 0.240. The lowest BCUT2D eigenvalue weighted by Crippen LogP contribution is -2.46. The van der Waals surface area contributed by atoms with Crippen LogP contribution in [0, 0.1) is 0 Å². The number of rotatable bonds is 6. The highest BCUT2D eigenvalue weighted by Crippen LogP contribution is 2.28. The van der Waals surface area contributed by atoms with E-state index in [2.05, 4.69) is 15.6 Å². The number of fused-ring (bicyclic) bond motifs is 1. The van der Waals surface area contributed by atoms with Gasteiger partial charge in [0.1, 0.15) is 23.7 Å². The zero-order chi connectivity index (χ0) is 22.6. The molecule has 0 saturated carbocycles. The number of hydrogen-bond acceptors (Lipinski definition) is 6. The Balaban J connectivity index is 1.19. The van der Waals surface area contributed by atoms with Gasteiger partial charge in [-0.05, 0) is 42.5 Å². The lowest BCUT2D eigenvalue weighted by atomic mass is 10.1. The Labute approximate surface area is 190 Å². The van der Waals surface area contributed by atoms with E-state index in [1.807, 2.05) is 30.3 Å². The van der Waals surface area contributed by atoms with Crippen molar-refractivity contribution in [1.29, 1.82) is 0 Å². The maximum absolute atomic E-state index is 12.9. The summed E-state index contributed by atoms with van der Waals surface area (Å²) < 4.78 is 17.6. The Bertz CT molecular complexity index is 1130. The van der Waals surface area contributed by atoms with Gasteiger partial charge in [-0.15, -0.1) is 0 Å².